The molecule has 0 amide bonds. The Morgan fingerprint density at radius 3 is 2.70 bits per heavy atom. The van der Waals surface area contributed by atoms with Crippen molar-refractivity contribution in [2.75, 3.05) is 7.11 Å². The summed E-state index contributed by atoms with van der Waals surface area (Å²) in [5.74, 6) is 1.88. The highest BCUT2D eigenvalue weighted by molar-refractivity contribution is 5.81. The first-order valence-corrected chi connectivity index (χ1v) is 7.91. The molecular weight excluding hydrogens is 350 g/mol. The number of furan rings is 2. The molecule has 0 aliphatic heterocycles. The van der Waals surface area contributed by atoms with Crippen molar-refractivity contribution in [1.29, 1.82) is 5.26 Å². The number of methoxy groups -OCH3 is 1. The van der Waals surface area contributed by atoms with Crippen molar-refractivity contribution in [2.24, 2.45) is 4.99 Å². The summed E-state index contributed by atoms with van der Waals surface area (Å²) >= 11 is 0. The van der Waals surface area contributed by atoms with Crippen molar-refractivity contribution in [3.63, 3.8) is 0 Å². The van der Waals surface area contributed by atoms with Crippen LogP contribution in [-0.4, -0.2) is 18.2 Å². The van der Waals surface area contributed by atoms with Crippen LogP contribution in [0.1, 0.15) is 22.6 Å². The van der Waals surface area contributed by atoms with Crippen molar-refractivity contribution in [2.45, 2.75) is 13.8 Å². The number of nitrogens with zero attached hydrogens (tertiary/aromatic N) is 3. The molecule has 0 saturated heterocycles. The molecular formula is C19H15N3O5. The molecule has 8 heteroatoms. The summed E-state index contributed by atoms with van der Waals surface area (Å²) < 4.78 is 16.1. The summed E-state index contributed by atoms with van der Waals surface area (Å²) in [5.41, 5.74) is 1.29. The average Bonchev–Trinajstić information content (AvgIpc) is 3.24. The van der Waals surface area contributed by atoms with Gasteiger partial charge in [-0.25, -0.2) is 4.99 Å². The minimum Gasteiger partial charge on any atom is -0.497 e. The molecule has 3 rings (SSSR count). The molecule has 0 saturated carbocycles. The molecule has 0 spiro atoms. The van der Waals surface area contributed by atoms with Crippen molar-refractivity contribution in [3.8, 4) is 23.1 Å². The SMILES string of the molecule is COc1ccc(-c2ccc(C=Nc3oc(C)c(C)c3C#N)o2)c([N+](=O)[O-])c1. The lowest BCUT2D eigenvalue weighted by Crippen LogP contribution is -1.93. The second-order valence-electron chi connectivity index (χ2n) is 5.68. The van der Waals surface area contributed by atoms with Gasteiger partial charge in [-0.1, -0.05) is 0 Å². The van der Waals surface area contributed by atoms with Gasteiger partial charge in [0.05, 0.1) is 29.9 Å². The van der Waals surface area contributed by atoms with E-state index in [4.69, 9.17) is 13.6 Å². The van der Waals surface area contributed by atoms with E-state index < -0.39 is 4.92 Å². The Morgan fingerprint density at radius 2 is 2.04 bits per heavy atom. The Labute approximate surface area is 154 Å². The monoisotopic (exact) mass is 365 g/mol. The van der Waals surface area contributed by atoms with Gasteiger partial charge in [-0.3, -0.25) is 10.1 Å². The summed E-state index contributed by atoms with van der Waals surface area (Å²) in [5, 5.41) is 20.5. The minimum absolute atomic E-state index is 0.128. The lowest BCUT2D eigenvalue weighted by molar-refractivity contribution is -0.384. The molecule has 1 aromatic carbocycles. The van der Waals surface area contributed by atoms with E-state index in [0.717, 1.165) is 5.56 Å². The molecule has 0 bridgehead atoms. The number of rotatable bonds is 5. The fraction of sp³-hybridized carbons (Fsp3) is 0.158. The third kappa shape index (κ3) is 3.43. The number of benzene rings is 1. The number of hydrogen-bond acceptors (Lipinski definition) is 7. The molecule has 8 nitrogen and oxygen atoms in total. The van der Waals surface area contributed by atoms with Gasteiger partial charge in [-0.2, -0.15) is 5.26 Å². The molecule has 3 aromatic rings. The van der Waals surface area contributed by atoms with Crippen molar-refractivity contribution >= 4 is 17.8 Å². The maximum absolute atomic E-state index is 11.3. The molecule has 2 heterocycles. The second-order valence-corrected chi connectivity index (χ2v) is 5.68. The predicted octanol–water partition coefficient (Wildman–Crippen LogP) is 4.70. The fourth-order valence-electron chi connectivity index (χ4n) is 2.52. The zero-order chi connectivity index (χ0) is 19.6. The van der Waals surface area contributed by atoms with Crippen LogP contribution in [-0.2, 0) is 0 Å². The van der Waals surface area contributed by atoms with Crippen LogP contribution in [0, 0.1) is 35.3 Å². The first-order chi connectivity index (χ1) is 12.9. The van der Waals surface area contributed by atoms with Crippen molar-refractivity contribution in [1.82, 2.24) is 0 Å². The fourth-order valence-corrected chi connectivity index (χ4v) is 2.52. The Hall–Kier alpha value is -3.86. The smallest absolute Gasteiger partial charge is 0.284 e. The lowest BCUT2D eigenvalue weighted by atomic mass is 10.1. The van der Waals surface area contributed by atoms with E-state index in [-0.39, 0.29) is 11.6 Å². The second kappa shape index (κ2) is 7.17. The van der Waals surface area contributed by atoms with Crippen LogP contribution in [0.5, 0.6) is 5.75 Å². The number of aliphatic imine (C=N–C) groups is 1. The summed E-state index contributed by atoms with van der Waals surface area (Å²) in [6.07, 6.45) is 1.40. The molecule has 0 N–H and O–H groups in total. The zero-order valence-electron chi connectivity index (χ0n) is 14.8. The quantitative estimate of drug-likeness (QED) is 0.368. The Bertz CT molecular complexity index is 1090. The highest BCUT2D eigenvalue weighted by Gasteiger charge is 2.19. The van der Waals surface area contributed by atoms with E-state index in [2.05, 4.69) is 11.1 Å². The maximum atomic E-state index is 11.3. The number of nitro groups is 1. The molecule has 0 fully saturated rings. The maximum Gasteiger partial charge on any atom is 0.284 e. The van der Waals surface area contributed by atoms with E-state index in [1.165, 1.54) is 19.4 Å². The van der Waals surface area contributed by atoms with E-state index in [0.29, 0.717) is 34.2 Å². The Balaban J connectivity index is 1.94. The topological polar surface area (TPSA) is 115 Å². The van der Waals surface area contributed by atoms with E-state index in [1.807, 2.05) is 0 Å². The van der Waals surface area contributed by atoms with Gasteiger partial charge in [0.1, 0.15) is 34.7 Å². The van der Waals surface area contributed by atoms with Gasteiger partial charge in [0.25, 0.3) is 5.69 Å². The third-order valence-electron chi connectivity index (χ3n) is 4.08. The first-order valence-electron chi connectivity index (χ1n) is 7.91. The van der Waals surface area contributed by atoms with Gasteiger partial charge in [0.15, 0.2) is 0 Å². The van der Waals surface area contributed by atoms with E-state index >= 15 is 0 Å². The molecule has 0 aliphatic rings. The van der Waals surface area contributed by atoms with Crippen LogP contribution >= 0.6 is 0 Å². The van der Waals surface area contributed by atoms with Crippen LogP contribution in [0.2, 0.25) is 0 Å². The molecule has 0 radical (unpaired) electrons. The number of hydrogen-bond donors (Lipinski definition) is 0. The molecule has 0 atom stereocenters. The van der Waals surface area contributed by atoms with Crippen LogP contribution in [0.3, 0.4) is 0 Å². The first kappa shape index (κ1) is 17.9. The summed E-state index contributed by atoms with van der Waals surface area (Å²) in [4.78, 5) is 15.0. The normalized spacial score (nSPS) is 10.9. The number of ether oxygens (including phenoxy) is 1. The largest absolute Gasteiger partial charge is 0.497 e. The average molecular weight is 365 g/mol. The predicted molar refractivity (Wildman–Crippen MR) is 97.5 cm³/mol. The van der Waals surface area contributed by atoms with Crippen LogP contribution in [0.25, 0.3) is 11.3 Å². The van der Waals surface area contributed by atoms with Crippen molar-refractivity contribution < 1.29 is 18.5 Å². The number of nitro benzene ring substituents is 1. The van der Waals surface area contributed by atoms with E-state index in [1.54, 1.807) is 38.1 Å². The summed E-state index contributed by atoms with van der Waals surface area (Å²) in [7, 11) is 1.44. The standard InChI is InChI=1S/C19H15N3O5/c1-11-12(2)26-19(16(11)9-20)21-10-14-5-7-18(27-14)15-6-4-13(25-3)8-17(15)22(23)24/h4-8,10H,1-3H3. The van der Waals surface area contributed by atoms with Crippen LogP contribution in [0.15, 0.2) is 44.2 Å². The molecule has 2 aromatic heterocycles. The number of nitriles is 1. The van der Waals surface area contributed by atoms with Crippen LogP contribution < -0.4 is 4.74 Å². The van der Waals surface area contributed by atoms with Gasteiger partial charge in [-0.05, 0) is 38.1 Å². The molecule has 0 aliphatic carbocycles. The van der Waals surface area contributed by atoms with Gasteiger partial charge in [0.2, 0.25) is 5.88 Å². The summed E-state index contributed by atoms with van der Waals surface area (Å²) in [6.45, 7) is 3.53. The molecule has 27 heavy (non-hydrogen) atoms. The van der Waals surface area contributed by atoms with E-state index in [9.17, 15) is 15.4 Å². The third-order valence-corrected chi connectivity index (χ3v) is 4.08. The number of aryl methyl sites for hydroxylation is 1. The Morgan fingerprint density at radius 1 is 1.26 bits per heavy atom. The highest BCUT2D eigenvalue weighted by atomic mass is 16.6. The van der Waals surface area contributed by atoms with Gasteiger partial charge in [-0.15, -0.1) is 0 Å². The van der Waals surface area contributed by atoms with Gasteiger partial charge in [0, 0.05) is 5.56 Å². The molecule has 136 valence electrons. The molecule has 0 unspecified atom stereocenters. The Kier molecular flexibility index (Phi) is 4.77. The highest BCUT2D eigenvalue weighted by Crippen LogP contribution is 2.34. The summed E-state index contributed by atoms with van der Waals surface area (Å²) in [6, 6.07) is 9.80. The van der Waals surface area contributed by atoms with Gasteiger partial charge >= 0.3 is 0 Å². The lowest BCUT2D eigenvalue weighted by Gasteiger charge is -2.03. The van der Waals surface area contributed by atoms with Crippen LogP contribution in [0.4, 0.5) is 11.6 Å². The van der Waals surface area contributed by atoms with Crippen molar-refractivity contribution in [3.05, 3.63) is 63.1 Å². The minimum atomic E-state index is -0.498. The zero-order valence-corrected chi connectivity index (χ0v) is 14.8. The van der Waals surface area contributed by atoms with Gasteiger partial charge < -0.3 is 13.6 Å².